The van der Waals surface area contributed by atoms with Crippen molar-refractivity contribution < 1.29 is 22.7 Å². The van der Waals surface area contributed by atoms with Crippen LogP contribution in [0.15, 0.2) is 41.3 Å². The molecule has 1 N–H and O–H groups in total. The van der Waals surface area contributed by atoms with E-state index in [4.69, 9.17) is 32.7 Å². The molecular formula is C27H35Cl2N3O5S. The van der Waals surface area contributed by atoms with Gasteiger partial charge in [-0.25, -0.2) is 8.42 Å². The fourth-order valence-electron chi connectivity index (χ4n) is 5.36. The van der Waals surface area contributed by atoms with Crippen LogP contribution in [0.5, 0.6) is 11.5 Å². The summed E-state index contributed by atoms with van der Waals surface area (Å²) < 4.78 is 39.0. The number of carbonyl (C=O) groups is 1. The van der Waals surface area contributed by atoms with E-state index in [1.807, 2.05) is 23.1 Å². The van der Waals surface area contributed by atoms with E-state index in [0.29, 0.717) is 37.3 Å². The lowest BCUT2D eigenvalue weighted by atomic mass is 9.96. The van der Waals surface area contributed by atoms with Gasteiger partial charge in [0.1, 0.15) is 4.90 Å². The first kappa shape index (κ1) is 29.0. The van der Waals surface area contributed by atoms with Crippen molar-refractivity contribution in [3.63, 3.8) is 0 Å². The molecule has 11 heteroatoms. The third-order valence-corrected chi connectivity index (χ3v) is 10.7. The summed E-state index contributed by atoms with van der Waals surface area (Å²) in [6, 6.07) is 10.1. The minimum atomic E-state index is -3.84. The normalized spacial score (nSPS) is 20.6. The SMILES string of the molecule is CC[C@@H](C)[C@H]1NC2(CCN(S(=O)(=O)c3cccc(Cl)c3Cl)CC2)N(CCc2ccc(OC)c(OC)c2)C1=O. The predicted octanol–water partition coefficient (Wildman–Crippen LogP) is 4.58. The number of sulfonamides is 1. The van der Waals surface area contributed by atoms with E-state index in [1.165, 1.54) is 10.4 Å². The van der Waals surface area contributed by atoms with Gasteiger partial charge in [0.15, 0.2) is 11.5 Å². The van der Waals surface area contributed by atoms with Crippen LogP contribution >= 0.6 is 23.2 Å². The minimum absolute atomic E-state index is 0.000801. The third-order valence-electron chi connectivity index (χ3n) is 7.84. The molecule has 2 fully saturated rings. The molecule has 208 valence electrons. The lowest BCUT2D eigenvalue weighted by Crippen LogP contribution is -2.60. The van der Waals surface area contributed by atoms with Gasteiger partial charge < -0.3 is 14.4 Å². The van der Waals surface area contributed by atoms with E-state index in [9.17, 15) is 13.2 Å². The van der Waals surface area contributed by atoms with Gasteiger partial charge in [-0.3, -0.25) is 10.1 Å². The van der Waals surface area contributed by atoms with Crippen LogP contribution in [-0.2, 0) is 21.2 Å². The molecule has 0 radical (unpaired) electrons. The molecule has 0 bridgehead atoms. The Bertz CT molecular complexity index is 1280. The maximum absolute atomic E-state index is 13.7. The number of nitrogens with zero attached hydrogens (tertiary/aromatic N) is 2. The zero-order valence-electron chi connectivity index (χ0n) is 22.2. The Morgan fingerprint density at radius 2 is 1.79 bits per heavy atom. The average Bonchev–Trinajstić information content (AvgIpc) is 3.18. The second-order valence-electron chi connectivity index (χ2n) is 9.92. The average molecular weight is 585 g/mol. The maximum Gasteiger partial charge on any atom is 0.244 e. The van der Waals surface area contributed by atoms with Crippen molar-refractivity contribution in [1.82, 2.24) is 14.5 Å². The van der Waals surface area contributed by atoms with Crippen molar-refractivity contribution in [3.05, 3.63) is 52.0 Å². The standard InChI is InChI=1S/C27H35Cl2N3O5S/c1-5-18(2)25-26(33)32(14-11-19-9-10-21(36-3)22(17-19)37-4)27(30-25)12-15-31(16-13-27)38(34,35)23-8-6-7-20(28)24(23)29/h6-10,17-18,25,30H,5,11-16H2,1-4H3/t18-,25-/m1/s1. The van der Waals surface area contributed by atoms with Crippen LogP contribution in [0, 0.1) is 5.92 Å². The van der Waals surface area contributed by atoms with Crippen LogP contribution in [0.3, 0.4) is 0 Å². The van der Waals surface area contributed by atoms with Crippen LogP contribution in [-0.4, -0.2) is 69.1 Å². The highest BCUT2D eigenvalue weighted by molar-refractivity contribution is 7.89. The maximum atomic E-state index is 13.7. The van der Waals surface area contributed by atoms with Crippen LogP contribution in [0.25, 0.3) is 0 Å². The monoisotopic (exact) mass is 583 g/mol. The number of carbonyl (C=O) groups excluding carboxylic acids is 1. The molecular weight excluding hydrogens is 549 g/mol. The van der Waals surface area contributed by atoms with E-state index in [2.05, 4.69) is 19.2 Å². The topological polar surface area (TPSA) is 88.2 Å². The summed E-state index contributed by atoms with van der Waals surface area (Å²) in [4.78, 5) is 15.6. The molecule has 8 nitrogen and oxygen atoms in total. The molecule has 1 amide bonds. The van der Waals surface area contributed by atoms with Crippen LogP contribution in [0.1, 0.15) is 38.7 Å². The molecule has 1 spiro atoms. The molecule has 2 atom stereocenters. The molecule has 2 heterocycles. The largest absolute Gasteiger partial charge is 0.493 e. The summed E-state index contributed by atoms with van der Waals surface area (Å²) >= 11 is 12.3. The number of nitrogens with one attached hydrogen (secondary N) is 1. The smallest absolute Gasteiger partial charge is 0.244 e. The quantitative estimate of drug-likeness (QED) is 0.465. The molecule has 2 aliphatic heterocycles. The van der Waals surface area contributed by atoms with Gasteiger partial charge in [0.05, 0.1) is 36.0 Å². The van der Waals surface area contributed by atoms with E-state index < -0.39 is 15.7 Å². The van der Waals surface area contributed by atoms with E-state index >= 15 is 0 Å². The Balaban J connectivity index is 1.56. The Kier molecular flexibility index (Phi) is 8.84. The molecule has 0 aromatic heterocycles. The Morgan fingerprint density at radius 1 is 1.11 bits per heavy atom. The minimum Gasteiger partial charge on any atom is -0.493 e. The van der Waals surface area contributed by atoms with Crippen molar-refractivity contribution in [3.8, 4) is 11.5 Å². The molecule has 2 aromatic carbocycles. The molecule has 38 heavy (non-hydrogen) atoms. The summed E-state index contributed by atoms with van der Waals surface area (Å²) in [5.41, 5.74) is 0.402. The fourth-order valence-corrected chi connectivity index (χ4v) is 7.54. The van der Waals surface area contributed by atoms with Crippen molar-refractivity contribution in [2.24, 2.45) is 5.92 Å². The van der Waals surface area contributed by atoms with Gasteiger partial charge in [0.2, 0.25) is 15.9 Å². The highest BCUT2D eigenvalue weighted by Crippen LogP contribution is 2.38. The number of ether oxygens (including phenoxy) is 2. The second-order valence-corrected chi connectivity index (χ2v) is 12.6. The fraction of sp³-hybridized carbons (Fsp3) is 0.519. The lowest BCUT2D eigenvalue weighted by molar-refractivity contribution is -0.133. The Morgan fingerprint density at radius 3 is 2.42 bits per heavy atom. The first-order valence-corrected chi connectivity index (χ1v) is 15.0. The van der Waals surface area contributed by atoms with Gasteiger partial charge in [-0.05, 0) is 55.0 Å². The molecule has 4 rings (SSSR count). The van der Waals surface area contributed by atoms with Gasteiger partial charge in [-0.1, -0.05) is 55.6 Å². The molecule has 2 aromatic rings. The number of benzene rings is 2. The molecule has 0 saturated carbocycles. The van der Waals surface area contributed by atoms with E-state index in [-0.39, 0.29) is 45.9 Å². The number of amides is 1. The van der Waals surface area contributed by atoms with Crippen molar-refractivity contribution in [1.29, 1.82) is 0 Å². The van der Waals surface area contributed by atoms with Crippen molar-refractivity contribution in [2.45, 2.75) is 56.1 Å². The van der Waals surface area contributed by atoms with Gasteiger partial charge in [0, 0.05) is 19.6 Å². The molecule has 2 aliphatic rings. The van der Waals surface area contributed by atoms with Gasteiger partial charge >= 0.3 is 0 Å². The zero-order valence-corrected chi connectivity index (χ0v) is 24.5. The van der Waals surface area contributed by atoms with Crippen molar-refractivity contribution in [2.75, 3.05) is 33.9 Å². The lowest BCUT2D eigenvalue weighted by Gasteiger charge is -2.44. The summed E-state index contributed by atoms with van der Waals surface area (Å²) in [6.45, 7) is 5.16. The van der Waals surface area contributed by atoms with Crippen LogP contribution in [0.2, 0.25) is 10.0 Å². The Labute approximate surface area is 235 Å². The van der Waals surface area contributed by atoms with Crippen LogP contribution in [0.4, 0.5) is 0 Å². The molecule has 2 saturated heterocycles. The molecule has 0 aliphatic carbocycles. The summed E-state index contributed by atoms with van der Waals surface area (Å²) in [6.07, 6.45) is 2.42. The number of hydrogen-bond donors (Lipinski definition) is 1. The number of halogens is 2. The van der Waals surface area contributed by atoms with Gasteiger partial charge in [0.25, 0.3) is 0 Å². The van der Waals surface area contributed by atoms with Crippen LogP contribution < -0.4 is 14.8 Å². The summed E-state index contributed by atoms with van der Waals surface area (Å²) in [7, 11) is -0.645. The number of hydrogen-bond acceptors (Lipinski definition) is 6. The first-order chi connectivity index (χ1) is 18.1. The summed E-state index contributed by atoms with van der Waals surface area (Å²) in [5.74, 6) is 1.50. The third kappa shape index (κ3) is 5.36. The highest BCUT2D eigenvalue weighted by Gasteiger charge is 2.53. The van der Waals surface area contributed by atoms with Gasteiger partial charge in [-0.2, -0.15) is 4.31 Å². The van der Waals surface area contributed by atoms with E-state index in [0.717, 1.165) is 12.0 Å². The Hall–Kier alpha value is -2.04. The summed E-state index contributed by atoms with van der Waals surface area (Å²) in [5, 5.41) is 3.85. The second kappa shape index (κ2) is 11.6. The first-order valence-electron chi connectivity index (χ1n) is 12.8. The number of rotatable bonds is 9. The van der Waals surface area contributed by atoms with Gasteiger partial charge in [-0.15, -0.1) is 0 Å². The number of methoxy groups -OCH3 is 2. The highest BCUT2D eigenvalue weighted by atomic mass is 35.5. The zero-order chi connectivity index (χ0) is 27.7. The number of piperidine rings is 1. The van der Waals surface area contributed by atoms with Crippen molar-refractivity contribution >= 4 is 39.1 Å². The predicted molar refractivity (Wildman–Crippen MR) is 149 cm³/mol. The van der Waals surface area contributed by atoms with E-state index in [1.54, 1.807) is 26.4 Å². The molecule has 0 unspecified atom stereocenters.